The number of ether oxygens (including phenoxy) is 3. The van der Waals surface area contributed by atoms with Gasteiger partial charge in [0.15, 0.2) is 17.3 Å². The van der Waals surface area contributed by atoms with E-state index in [1.54, 1.807) is 18.2 Å². The highest BCUT2D eigenvalue weighted by molar-refractivity contribution is 6.36. The number of nitrogen functional groups attached to an aromatic ring is 1. The molecule has 3 rings (SSSR count). The number of hydrogen-bond donors (Lipinski definition) is 2. The summed E-state index contributed by atoms with van der Waals surface area (Å²) in [6, 6.07) is 6.64. The van der Waals surface area contributed by atoms with Crippen LogP contribution in [0.4, 0.5) is 5.82 Å². The fourth-order valence-electron chi connectivity index (χ4n) is 1.67. The highest BCUT2D eigenvalue weighted by atomic mass is 35.5. The minimum atomic E-state index is 0.183. The second-order valence-corrected chi connectivity index (χ2v) is 4.68. The molecule has 20 heavy (non-hydrogen) atoms. The average Bonchev–Trinajstić information content (AvgIpc) is 2.89. The zero-order valence-electron chi connectivity index (χ0n) is 10.0. The van der Waals surface area contributed by atoms with Crippen LogP contribution in [0.25, 0.3) is 0 Å². The fraction of sp³-hybridized carbons (Fsp3) is 0.0833. The number of hydrogen-bond acceptors (Lipinski definition) is 6. The molecule has 0 fully saturated rings. The van der Waals surface area contributed by atoms with Crippen molar-refractivity contribution in [3.63, 3.8) is 0 Å². The van der Waals surface area contributed by atoms with Crippen molar-refractivity contribution in [2.75, 3.05) is 12.2 Å². The maximum atomic E-state index is 6.03. The van der Waals surface area contributed by atoms with E-state index in [1.807, 2.05) is 0 Å². The van der Waals surface area contributed by atoms with Crippen molar-refractivity contribution >= 4 is 29.0 Å². The second kappa shape index (κ2) is 5.24. The minimum absolute atomic E-state index is 0.183. The van der Waals surface area contributed by atoms with Crippen LogP contribution in [0, 0.1) is 0 Å². The van der Waals surface area contributed by atoms with Gasteiger partial charge in [-0.2, -0.15) is 4.98 Å². The molecular weight excluding hydrogens is 305 g/mol. The molecule has 0 saturated heterocycles. The molecule has 0 atom stereocenters. The fourth-order valence-corrected chi connectivity index (χ4v) is 2.13. The number of nitrogens with two attached hydrogens (primary N) is 1. The van der Waals surface area contributed by atoms with Crippen LogP contribution in [0.5, 0.6) is 23.1 Å². The number of anilines is 1. The predicted molar refractivity (Wildman–Crippen MR) is 74.7 cm³/mol. The van der Waals surface area contributed by atoms with Gasteiger partial charge in [0.25, 0.3) is 0 Å². The molecule has 0 radical (unpaired) electrons. The van der Waals surface area contributed by atoms with Gasteiger partial charge < -0.3 is 19.6 Å². The van der Waals surface area contributed by atoms with Crippen molar-refractivity contribution in [3.8, 4) is 23.1 Å². The summed E-state index contributed by atoms with van der Waals surface area (Å²) in [5, 5.41) is 0.571. The lowest BCUT2D eigenvalue weighted by Gasteiger charge is -2.10. The monoisotopic (exact) mass is 313 g/mol. The third-order valence-electron chi connectivity index (χ3n) is 2.59. The molecule has 104 valence electrons. The summed E-state index contributed by atoms with van der Waals surface area (Å²) in [7, 11) is 0. The summed E-state index contributed by atoms with van der Waals surface area (Å²) in [5.41, 5.74) is 2.36. The van der Waals surface area contributed by atoms with E-state index in [0.29, 0.717) is 22.3 Å². The predicted octanol–water partition coefficient (Wildman–Crippen LogP) is 3.20. The van der Waals surface area contributed by atoms with Crippen LogP contribution in [0.15, 0.2) is 24.3 Å². The van der Waals surface area contributed by atoms with Gasteiger partial charge in [0.05, 0.1) is 5.02 Å². The Labute approximate surface area is 124 Å². The van der Waals surface area contributed by atoms with Crippen LogP contribution in [-0.4, -0.2) is 11.8 Å². The van der Waals surface area contributed by atoms with Crippen LogP contribution in [0.3, 0.4) is 0 Å². The van der Waals surface area contributed by atoms with Crippen LogP contribution < -0.4 is 25.5 Å². The molecule has 1 aliphatic heterocycles. The zero-order valence-corrected chi connectivity index (χ0v) is 11.5. The molecular formula is C12H9Cl2N3O3. The van der Waals surface area contributed by atoms with Gasteiger partial charge in [-0.3, -0.25) is 0 Å². The Morgan fingerprint density at radius 1 is 1.15 bits per heavy atom. The van der Waals surface area contributed by atoms with Gasteiger partial charge in [-0.15, -0.1) is 0 Å². The molecule has 1 aromatic carbocycles. The smallest absolute Gasteiger partial charge is 0.240 e. The molecule has 2 aromatic rings. The SMILES string of the molecule is NNc1nc(Oc2ccc3c(c2)OCO3)c(Cl)cc1Cl. The summed E-state index contributed by atoms with van der Waals surface area (Å²) in [6.45, 7) is 0.194. The Hall–Kier alpha value is -1.89. The van der Waals surface area contributed by atoms with E-state index in [0.717, 1.165) is 0 Å². The summed E-state index contributed by atoms with van der Waals surface area (Å²) >= 11 is 11.9. The molecule has 0 aliphatic carbocycles. The van der Waals surface area contributed by atoms with Gasteiger partial charge in [-0.1, -0.05) is 23.2 Å². The Balaban J connectivity index is 1.91. The number of nitrogens with one attached hydrogen (secondary N) is 1. The summed E-state index contributed by atoms with van der Waals surface area (Å²) in [5.74, 6) is 7.53. The van der Waals surface area contributed by atoms with E-state index >= 15 is 0 Å². The van der Waals surface area contributed by atoms with E-state index in [2.05, 4.69) is 10.4 Å². The number of hydrazine groups is 1. The first kappa shape index (κ1) is 13.1. The minimum Gasteiger partial charge on any atom is -0.454 e. The lowest BCUT2D eigenvalue weighted by molar-refractivity contribution is 0.174. The third kappa shape index (κ3) is 2.40. The Morgan fingerprint density at radius 3 is 2.75 bits per heavy atom. The number of nitrogens with zero attached hydrogens (tertiary/aromatic N) is 1. The van der Waals surface area contributed by atoms with E-state index in [4.69, 9.17) is 43.3 Å². The first-order valence-corrected chi connectivity index (χ1v) is 6.33. The molecule has 1 aromatic heterocycles. The summed E-state index contributed by atoms with van der Waals surface area (Å²) in [6.07, 6.45) is 0. The highest BCUT2D eigenvalue weighted by Gasteiger charge is 2.16. The largest absolute Gasteiger partial charge is 0.454 e. The van der Waals surface area contributed by atoms with Crippen LogP contribution in [-0.2, 0) is 0 Å². The second-order valence-electron chi connectivity index (χ2n) is 3.87. The molecule has 0 unspecified atom stereocenters. The topological polar surface area (TPSA) is 78.6 Å². The van der Waals surface area contributed by atoms with Gasteiger partial charge in [-0.25, -0.2) is 5.84 Å². The number of aromatic nitrogens is 1. The molecule has 0 spiro atoms. The lowest BCUT2D eigenvalue weighted by atomic mass is 10.3. The maximum Gasteiger partial charge on any atom is 0.240 e. The van der Waals surface area contributed by atoms with Crippen molar-refractivity contribution in [2.45, 2.75) is 0 Å². The number of fused-ring (bicyclic) bond motifs is 1. The van der Waals surface area contributed by atoms with Crippen molar-refractivity contribution in [1.82, 2.24) is 4.98 Å². The van der Waals surface area contributed by atoms with Crippen molar-refractivity contribution in [3.05, 3.63) is 34.3 Å². The van der Waals surface area contributed by atoms with Crippen LogP contribution >= 0.6 is 23.2 Å². The third-order valence-corrected chi connectivity index (χ3v) is 3.15. The first-order valence-electron chi connectivity index (χ1n) is 5.57. The summed E-state index contributed by atoms with van der Waals surface area (Å²) < 4.78 is 16.1. The van der Waals surface area contributed by atoms with E-state index in [-0.39, 0.29) is 23.5 Å². The highest BCUT2D eigenvalue weighted by Crippen LogP contribution is 2.38. The van der Waals surface area contributed by atoms with Crippen LogP contribution in [0.1, 0.15) is 0 Å². The molecule has 3 N–H and O–H groups in total. The van der Waals surface area contributed by atoms with Gasteiger partial charge in [0.2, 0.25) is 12.7 Å². The molecule has 1 aliphatic rings. The van der Waals surface area contributed by atoms with E-state index < -0.39 is 0 Å². The number of rotatable bonds is 3. The van der Waals surface area contributed by atoms with Crippen molar-refractivity contribution < 1.29 is 14.2 Å². The van der Waals surface area contributed by atoms with Gasteiger partial charge in [0.1, 0.15) is 10.8 Å². The Bertz CT molecular complexity index is 667. The average molecular weight is 314 g/mol. The van der Waals surface area contributed by atoms with Gasteiger partial charge >= 0.3 is 0 Å². The standard InChI is InChI=1S/C12H9Cl2N3O3/c13-7-4-8(14)12(16-11(7)17-15)20-6-1-2-9-10(3-6)19-5-18-9/h1-4H,5,15H2,(H,16,17). The number of benzene rings is 1. The molecule has 8 heteroatoms. The van der Waals surface area contributed by atoms with Crippen molar-refractivity contribution in [2.24, 2.45) is 5.84 Å². The summed E-state index contributed by atoms with van der Waals surface area (Å²) in [4.78, 5) is 4.08. The van der Waals surface area contributed by atoms with Gasteiger partial charge in [-0.05, 0) is 18.2 Å². The quantitative estimate of drug-likeness (QED) is 0.669. The van der Waals surface area contributed by atoms with Crippen LogP contribution in [0.2, 0.25) is 10.0 Å². The molecule has 0 amide bonds. The lowest BCUT2D eigenvalue weighted by Crippen LogP contribution is -2.09. The number of pyridine rings is 1. The molecule has 0 bridgehead atoms. The van der Waals surface area contributed by atoms with E-state index in [1.165, 1.54) is 6.07 Å². The molecule has 6 nitrogen and oxygen atoms in total. The van der Waals surface area contributed by atoms with Gasteiger partial charge in [0, 0.05) is 6.07 Å². The Kier molecular flexibility index (Phi) is 3.43. The van der Waals surface area contributed by atoms with Crippen molar-refractivity contribution in [1.29, 1.82) is 0 Å². The maximum absolute atomic E-state index is 6.03. The molecule has 2 heterocycles. The zero-order chi connectivity index (χ0) is 14.1. The molecule has 0 saturated carbocycles. The van der Waals surface area contributed by atoms with E-state index in [9.17, 15) is 0 Å². The Morgan fingerprint density at radius 2 is 1.95 bits per heavy atom. The first-order chi connectivity index (χ1) is 9.67. The number of halogens is 2. The normalized spacial score (nSPS) is 12.3.